The maximum Gasteiger partial charge on any atom is 0.322 e. The predicted molar refractivity (Wildman–Crippen MR) is 121 cm³/mol. The zero-order chi connectivity index (χ0) is 23.0. The van der Waals surface area contributed by atoms with Crippen molar-refractivity contribution in [2.24, 2.45) is 0 Å². The van der Waals surface area contributed by atoms with E-state index in [-0.39, 0.29) is 24.3 Å². The molecule has 3 aromatic carbocycles. The highest BCUT2D eigenvalue weighted by atomic mass is 16.5. The number of hydrogen-bond donors (Lipinski definition) is 1. The van der Waals surface area contributed by atoms with Crippen molar-refractivity contribution in [3.8, 4) is 23.0 Å². The van der Waals surface area contributed by atoms with Gasteiger partial charge in [-0.15, -0.1) is 5.10 Å². The van der Waals surface area contributed by atoms with Gasteiger partial charge in [-0.25, -0.2) is 0 Å². The minimum atomic E-state index is -0.457. The van der Waals surface area contributed by atoms with Gasteiger partial charge in [0.25, 0.3) is 5.91 Å². The number of aromatic nitrogens is 2. The number of hydrogen-bond acceptors (Lipinski definition) is 7. The number of ether oxygens (including phenoxy) is 2. The zero-order valence-electron chi connectivity index (χ0n) is 17.9. The predicted octanol–water partition coefficient (Wildman–Crippen LogP) is 4.38. The normalized spacial score (nSPS) is 10.5. The van der Waals surface area contributed by atoms with Crippen molar-refractivity contribution in [3.63, 3.8) is 0 Å². The van der Waals surface area contributed by atoms with Gasteiger partial charge in [0, 0.05) is 16.7 Å². The lowest BCUT2D eigenvalue weighted by Crippen LogP contribution is -2.20. The summed E-state index contributed by atoms with van der Waals surface area (Å²) in [6.07, 6.45) is 0. The monoisotopic (exact) mass is 443 g/mol. The van der Waals surface area contributed by atoms with Crippen LogP contribution in [0.2, 0.25) is 0 Å². The van der Waals surface area contributed by atoms with Gasteiger partial charge in [-0.1, -0.05) is 35.4 Å². The molecule has 0 unspecified atom stereocenters. The van der Waals surface area contributed by atoms with Crippen LogP contribution in [0.5, 0.6) is 11.5 Å². The first-order valence-corrected chi connectivity index (χ1v) is 10.3. The lowest BCUT2D eigenvalue weighted by molar-refractivity contribution is -0.118. The van der Waals surface area contributed by atoms with Crippen LogP contribution in [0.4, 0.5) is 6.01 Å². The number of anilines is 1. The average Bonchev–Trinajstić information content (AvgIpc) is 3.32. The molecule has 33 heavy (non-hydrogen) atoms. The molecule has 1 N–H and O–H groups in total. The Morgan fingerprint density at radius 2 is 1.45 bits per heavy atom. The van der Waals surface area contributed by atoms with Crippen LogP contribution in [0.15, 0.2) is 83.3 Å². The SMILES string of the molecule is CCOc1ccc(-c2nnc(NC(=O)COc3ccc(C(=O)c4ccccc4)cc3)o2)cc1. The Balaban J connectivity index is 1.29. The van der Waals surface area contributed by atoms with Crippen molar-refractivity contribution in [2.45, 2.75) is 6.92 Å². The van der Waals surface area contributed by atoms with Gasteiger partial charge in [-0.2, -0.15) is 0 Å². The molecular weight excluding hydrogens is 422 g/mol. The van der Waals surface area contributed by atoms with E-state index in [9.17, 15) is 9.59 Å². The van der Waals surface area contributed by atoms with Gasteiger partial charge in [0.2, 0.25) is 5.89 Å². The number of rotatable bonds is 9. The molecule has 0 fully saturated rings. The highest BCUT2D eigenvalue weighted by Gasteiger charge is 2.13. The molecule has 0 spiro atoms. The topological polar surface area (TPSA) is 104 Å². The molecule has 0 atom stereocenters. The van der Waals surface area contributed by atoms with Crippen molar-refractivity contribution in [2.75, 3.05) is 18.5 Å². The van der Waals surface area contributed by atoms with E-state index >= 15 is 0 Å². The summed E-state index contributed by atoms with van der Waals surface area (Å²) in [7, 11) is 0. The molecule has 0 radical (unpaired) electrons. The average molecular weight is 443 g/mol. The summed E-state index contributed by atoms with van der Waals surface area (Å²) in [4.78, 5) is 24.6. The van der Waals surface area contributed by atoms with E-state index < -0.39 is 5.91 Å². The first kappa shape index (κ1) is 21.8. The summed E-state index contributed by atoms with van der Waals surface area (Å²) in [5.41, 5.74) is 1.84. The molecule has 1 aromatic heterocycles. The van der Waals surface area contributed by atoms with Crippen molar-refractivity contribution >= 4 is 17.7 Å². The number of benzene rings is 3. The fourth-order valence-electron chi connectivity index (χ4n) is 3.01. The molecule has 8 nitrogen and oxygen atoms in total. The molecule has 4 aromatic rings. The first-order chi connectivity index (χ1) is 16.1. The maximum absolute atomic E-state index is 12.4. The Morgan fingerprint density at radius 3 is 2.15 bits per heavy atom. The summed E-state index contributed by atoms with van der Waals surface area (Å²) in [5, 5.41) is 10.3. The standard InChI is InChI=1S/C25H21N3O5/c1-2-31-20-14-10-19(11-15-20)24-27-28-25(33-24)26-22(29)16-32-21-12-8-18(9-13-21)23(30)17-6-4-3-5-7-17/h3-15H,2,16H2,1H3,(H,26,28,29). The molecule has 0 aliphatic carbocycles. The molecule has 8 heteroatoms. The van der Waals surface area contributed by atoms with Gasteiger partial charge >= 0.3 is 6.01 Å². The Bertz CT molecular complexity index is 1220. The fraction of sp³-hybridized carbons (Fsp3) is 0.120. The zero-order valence-corrected chi connectivity index (χ0v) is 17.9. The molecule has 0 bridgehead atoms. The molecule has 1 amide bonds. The second-order valence-corrected chi connectivity index (χ2v) is 6.93. The fourth-order valence-corrected chi connectivity index (χ4v) is 3.01. The Morgan fingerprint density at radius 1 is 0.818 bits per heavy atom. The summed E-state index contributed by atoms with van der Waals surface area (Å²) in [6.45, 7) is 2.23. The van der Waals surface area contributed by atoms with Crippen LogP contribution in [0, 0.1) is 0 Å². The van der Waals surface area contributed by atoms with Crippen LogP contribution in [-0.2, 0) is 4.79 Å². The second-order valence-electron chi connectivity index (χ2n) is 6.93. The molecule has 166 valence electrons. The molecule has 0 aliphatic rings. The van der Waals surface area contributed by atoms with E-state index in [1.54, 1.807) is 60.7 Å². The van der Waals surface area contributed by atoms with Crippen LogP contribution in [0.3, 0.4) is 0 Å². The third-order valence-corrected chi connectivity index (χ3v) is 4.61. The third kappa shape index (κ3) is 5.62. The smallest absolute Gasteiger partial charge is 0.322 e. The molecule has 0 saturated heterocycles. The summed E-state index contributed by atoms with van der Waals surface area (Å²) in [6, 6.07) is 22.7. The molecule has 0 saturated carbocycles. The second kappa shape index (κ2) is 10.2. The Labute approximate surface area is 190 Å². The Kier molecular flexibility index (Phi) is 6.75. The van der Waals surface area contributed by atoms with Crippen molar-refractivity contribution < 1.29 is 23.5 Å². The lowest BCUT2D eigenvalue weighted by Gasteiger charge is -2.06. The molecule has 1 heterocycles. The van der Waals surface area contributed by atoms with E-state index in [1.807, 2.05) is 25.1 Å². The van der Waals surface area contributed by atoms with Gasteiger partial charge in [0.1, 0.15) is 11.5 Å². The van der Waals surface area contributed by atoms with Gasteiger partial charge in [0.15, 0.2) is 12.4 Å². The largest absolute Gasteiger partial charge is 0.494 e. The van der Waals surface area contributed by atoms with Gasteiger partial charge in [-0.05, 0) is 55.5 Å². The van der Waals surface area contributed by atoms with Crippen LogP contribution in [-0.4, -0.2) is 35.1 Å². The Hall–Kier alpha value is -4.46. The minimum absolute atomic E-state index is 0.0312. The number of carbonyl (C=O) groups is 2. The van der Waals surface area contributed by atoms with Gasteiger partial charge in [0.05, 0.1) is 6.61 Å². The van der Waals surface area contributed by atoms with Crippen molar-refractivity contribution in [1.29, 1.82) is 0 Å². The summed E-state index contributed by atoms with van der Waals surface area (Å²) >= 11 is 0. The molecule has 0 aliphatic heterocycles. The number of ketones is 1. The highest BCUT2D eigenvalue weighted by molar-refractivity contribution is 6.09. The summed E-state index contributed by atoms with van der Waals surface area (Å²) < 4.78 is 16.4. The van der Waals surface area contributed by atoms with Crippen molar-refractivity contribution in [1.82, 2.24) is 10.2 Å². The number of nitrogens with zero attached hydrogens (tertiary/aromatic N) is 2. The maximum atomic E-state index is 12.4. The number of amides is 1. The number of carbonyl (C=O) groups excluding carboxylic acids is 2. The van der Waals surface area contributed by atoms with Gasteiger partial charge in [-0.3, -0.25) is 14.9 Å². The highest BCUT2D eigenvalue weighted by Crippen LogP contribution is 2.23. The molecule has 4 rings (SSSR count). The van der Waals surface area contributed by atoms with E-state index in [2.05, 4.69) is 15.5 Å². The van der Waals surface area contributed by atoms with Crippen LogP contribution >= 0.6 is 0 Å². The van der Waals surface area contributed by atoms with Crippen LogP contribution in [0.25, 0.3) is 11.5 Å². The quantitative estimate of drug-likeness (QED) is 0.383. The van der Waals surface area contributed by atoms with Crippen LogP contribution in [0.1, 0.15) is 22.8 Å². The lowest BCUT2D eigenvalue weighted by atomic mass is 10.0. The van der Waals surface area contributed by atoms with E-state index in [0.29, 0.717) is 29.0 Å². The summed E-state index contributed by atoms with van der Waals surface area (Å²) in [5.74, 6) is 0.924. The first-order valence-electron chi connectivity index (χ1n) is 10.3. The third-order valence-electron chi connectivity index (χ3n) is 4.61. The van der Waals surface area contributed by atoms with E-state index in [1.165, 1.54) is 0 Å². The van der Waals surface area contributed by atoms with E-state index in [0.717, 1.165) is 5.75 Å². The van der Waals surface area contributed by atoms with E-state index in [4.69, 9.17) is 13.9 Å². The van der Waals surface area contributed by atoms with Crippen molar-refractivity contribution in [3.05, 3.63) is 90.0 Å². The molecular formula is C25H21N3O5. The van der Waals surface area contributed by atoms with Gasteiger partial charge < -0.3 is 13.9 Å². The van der Waals surface area contributed by atoms with Crippen LogP contribution < -0.4 is 14.8 Å². The minimum Gasteiger partial charge on any atom is -0.494 e. The number of nitrogens with one attached hydrogen (secondary N) is 1.